The van der Waals surface area contributed by atoms with Gasteiger partial charge in [0.25, 0.3) is 11.8 Å². The molecule has 3 rings (SSSR count). The summed E-state index contributed by atoms with van der Waals surface area (Å²) in [6.07, 6.45) is 3.85. The quantitative estimate of drug-likeness (QED) is 0.397. The van der Waals surface area contributed by atoms with E-state index in [4.69, 9.17) is 4.74 Å². The number of hydrazine groups is 1. The summed E-state index contributed by atoms with van der Waals surface area (Å²) in [6, 6.07) is 11.5. The van der Waals surface area contributed by atoms with Crippen molar-refractivity contribution >= 4 is 39.3 Å². The third-order valence-electron chi connectivity index (χ3n) is 4.60. The molecule has 0 heterocycles. The first-order valence-corrected chi connectivity index (χ1v) is 10.7. The molecule has 1 fully saturated rings. The minimum absolute atomic E-state index is 0.00686. The Hall–Kier alpha value is -2.87. The number of benzene rings is 2. The predicted molar refractivity (Wildman–Crippen MR) is 117 cm³/mol. The maximum Gasteiger partial charge on any atom is 0.269 e. The molecule has 1 saturated carbocycles. The summed E-state index contributed by atoms with van der Waals surface area (Å²) in [7, 11) is 0. The van der Waals surface area contributed by atoms with Gasteiger partial charge in [-0.25, -0.2) is 0 Å². The molecule has 0 unspecified atom stereocenters. The monoisotopic (exact) mass is 473 g/mol. The molecule has 1 aliphatic carbocycles. The lowest BCUT2D eigenvalue weighted by molar-refractivity contribution is -0.117. The van der Waals surface area contributed by atoms with Crippen LogP contribution in [0.1, 0.15) is 53.3 Å². The fraction of sp³-hybridized carbons (Fsp3) is 0.318. The van der Waals surface area contributed by atoms with Crippen LogP contribution in [0.3, 0.4) is 0 Å². The number of ether oxygens (including phenoxy) is 1. The van der Waals surface area contributed by atoms with Gasteiger partial charge < -0.3 is 10.1 Å². The van der Waals surface area contributed by atoms with Crippen molar-refractivity contribution in [3.05, 3.63) is 58.1 Å². The van der Waals surface area contributed by atoms with Crippen molar-refractivity contribution in [2.45, 2.75) is 32.6 Å². The summed E-state index contributed by atoms with van der Waals surface area (Å²) in [4.78, 5) is 36.3. The van der Waals surface area contributed by atoms with Crippen LogP contribution in [0.5, 0.6) is 5.75 Å². The smallest absolute Gasteiger partial charge is 0.269 e. The van der Waals surface area contributed by atoms with E-state index in [2.05, 4.69) is 39.0 Å². The van der Waals surface area contributed by atoms with E-state index in [1.165, 1.54) is 0 Å². The molecule has 3 N–H and O–H groups in total. The molecule has 0 aliphatic heterocycles. The van der Waals surface area contributed by atoms with Crippen molar-refractivity contribution in [1.29, 1.82) is 0 Å². The summed E-state index contributed by atoms with van der Waals surface area (Å²) < 4.78 is 6.31. The lowest BCUT2D eigenvalue weighted by atomic mass is 10.2. The predicted octanol–water partition coefficient (Wildman–Crippen LogP) is 4.05. The van der Waals surface area contributed by atoms with E-state index >= 15 is 0 Å². The zero-order valence-corrected chi connectivity index (χ0v) is 18.3. The number of hydrogen-bond acceptors (Lipinski definition) is 4. The second-order valence-corrected chi connectivity index (χ2v) is 7.95. The third kappa shape index (κ3) is 6.06. The van der Waals surface area contributed by atoms with Crippen molar-refractivity contribution in [3.8, 4) is 5.75 Å². The molecule has 1 aliphatic rings. The highest BCUT2D eigenvalue weighted by Gasteiger charge is 2.29. The summed E-state index contributed by atoms with van der Waals surface area (Å²) in [5, 5.41) is 2.81. The molecule has 3 amide bonds. The number of nitrogens with one attached hydrogen (secondary N) is 3. The number of amides is 3. The van der Waals surface area contributed by atoms with E-state index in [1.807, 2.05) is 0 Å². The van der Waals surface area contributed by atoms with E-state index in [-0.39, 0.29) is 11.8 Å². The maximum absolute atomic E-state index is 12.3. The number of halogens is 1. The van der Waals surface area contributed by atoms with Gasteiger partial charge in [0.15, 0.2) is 0 Å². The molecule has 0 spiro atoms. The average Bonchev–Trinajstić information content (AvgIpc) is 3.59. The van der Waals surface area contributed by atoms with E-state index in [9.17, 15) is 14.4 Å². The lowest BCUT2D eigenvalue weighted by Crippen LogP contribution is -2.41. The number of carbonyl (C=O) groups excluding carboxylic acids is 3. The molecule has 2 aromatic carbocycles. The molecule has 2 aromatic rings. The zero-order valence-electron chi connectivity index (χ0n) is 16.7. The summed E-state index contributed by atoms with van der Waals surface area (Å²) in [5.74, 6) is -0.120. The van der Waals surface area contributed by atoms with E-state index in [0.717, 1.165) is 25.7 Å². The Bertz CT molecular complexity index is 926. The largest absolute Gasteiger partial charge is 0.492 e. The van der Waals surface area contributed by atoms with Gasteiger partial charge in [-0.05, 0) is 77.7 Å². The molecular weight excluding hydrogens is 450 g/mol. The molecule has 158 valence electrons. The van der Waals surface area contributed by atoms with Crippen molar-refractivity contribution in [1.82, 2.24) is 10.9 Å². The van der Waals surface area contributed by atoms with E-state index in [1.54, 1.807) is 42.5 Å². The first-order valence-electron chi connectivity index (χ1n) is 9.92. The van der Waals surface area contributed by atoms with Gasteiger partial charge in [-0.3, -0.25) is 25.2 Å². The van der Waals surface area contributed by atoms with Crippen LogP contribution in [0, 0.1) is 5.92 Å². The molecule has 0 radical (unpaired) electrons. The van der Waals surface area contributed by atoms with Gasteiger partial charge in [-0.15, -0.1) is 0 Å². The number of anilines is 1. The molecule has 30 heavy (non-hydrogen) atoms. The van der Waals surface area contributed by atoms with Crippen LogP contribution >= 0.6 is 15.9 Å². The summed E-state index contributed by atoms with van der Waals surface area (Å²) >= 11 is 3.40. The van der Waals surface area contributed by atoms with E-state index in [0.29, 0.717) is 33.6 Å². The van der Waals surface area contributed by atoms with Gasteiger partial charge in [0.2, 0.25) is 5.91 Å². The Morgan fingerprint density at radius 2 is 1.63 bits per heavy atom. The highest BCUT2D eigenvalue weighted by atomic mass is 79.9. The van der Waals surface area contributed by atoms with Crippen molar-refractivity contribution in [2.24, 2.45) is 5.92 Å². The number of carbonyl (C=O) groups is 3. The van der Waals surface area contributed by atoms with Crippen LogP contribution in [0.25, 0.3) is 0 Å². The highest BCUT2D eigenvalue weighted by Crippen LogP contribution is 2.30. The Morgan fingerprint density at radius 3 is 2.23 bits per heavy atom. The Kier molecular flexibility index (Phi) is 7.46. The highest BCUT2D eigenvalue weighted by molar-refractivity contribution is 9.10. The van der Waals surface area contributed by atoms with Gasteiger partial charge >= 0.3 is 0 Å². The minimum atomic E-state index is -0.456. The minimum Gasteiger partial charge on any atom is -0.492 e. The van der Waals surface area contributed by atoms with Crippen LogP contribution in [0.2, 0.25) is 0 Å². The molecule has 0 atom stereocenters. The van der Waals surface area contributed by atoms with Crippen molar-refractivity contribution in [3.63, 3.8) is 0 Å². The average molecular weight is 474 g/mol. The maximum atomic E-state index is 12.3. The number of hydrogen-bond donors (Lipinski definition) is 3. The van der Waals surface area contributed by atoms with Crippen LogP contribution in [0.15, 0.2) is 46.9 Å². The standard InChI is InChI=1S/C22H24BrN3O4/c1-2-3-12-30-19-11-8-16(13-18(19)23)22(29)26-25-21(28)15-6-9-17(10-7-15)24-20(27)14-4-5-14/h6-11,13-14H,2-5,12H2,1H3,(H,24,27)(H,25,28)(H,26,29). The molecule has 0 saturated heterocycles. The third-order valence-corrected chi connectivity index (χ3v) is 5.22. The fourth-order valence-corrected chi connectivity index (χ4v) is 3.13. The Balaban J connectivity index is 1.50. The molecule has 7 nitrogen and oxygen atoms in total. The van der Waals surface area contributed by atoms with Crippen LogP contribution in [-0.4, -0.2) is 24.3 Å². The van der Waals surface area contributed by atoms with Gasteiger partial charge in [0.05, 0.1) is 11.1 Å². The van der Waals surface area contributed by atoms with E-state index < -0.39 is 11.8 Å². The van der Waals surface area contributed by atoms with Crippen molar-refractivity contribution < 1.29 is 19.1 Å². The lowest BCUT2D eigenvalue weighted by Gasteiger charge is -2.11. The van der Waals surface area contributed by atoms with Crippen molar-refractivity contribution in [2.75, 3.05) is 11.9 Å². The van der Waals surface area contributed by atoms with Crippen LogP contribution in [0.4, 0.5) is 5.69 Å². The topological polar surface area (TPSA) is 96.5 Å². The zero-order chi connectivity index (χ0) is 21.5. The summed E-state index contributed by atoms with van der Waals surface area (Å²) in [6.45, 7) is 2.70. The fourth-order valence-electron chi connectivity index (χ4n) is 2.64. The number of rotatable bonds is 8. The SMILES string of the molecule is CCCCOc1ccc(C(=O)NNC(=O)c2ccc(NC(=O)C3CC3)cc2)cc1Br. The molecular formula is C22H24BrN3O4. The summed E-state index contributed by atoms with van der Waals surface area (Å²) in [5.41, 5.74) is 6.16. The second-order valence-electron chi connectivity index (χ2n) is 7.10. The normalized spacial score (nSPS) is 12.7. The van der Waals surface area contributed by atoms with Gasteiger partial charge in [-0.1, -0.05) is 13.3 Å². The first kappa shape index (κ1) is 21.8. The molecule has 8 heteroatoms. The van der Waals surface area contributed by atoms with Crippen LogP contribution < -0.4 is 20.9 Å². The second kappa shape index (κ2) is 10.2. The number of unbranched alkanes of at least 4 members (excludes halogenated alkanes) is 1. The van der Waals surface area contributed by atoms with Gasteiger partial charge in [-0.2, -0.15) is 0 Å². The van der Waals surface area contributed by atoms with Gasteiger partial charge in [0.1, 0.15) is 5.75 Å². The Labute approximate surface area is 183 Å². The molecule has 0 bridgehead atoms. The van der Waals surface area contributed by atoms with Crippen LogP contribution in [-0.2, 0) is 4.79 Å². The Morgan fingerprint density at radius 1 is 1.00 bits per heavy atom. The molecule has 0 aromatic heterocycles. The van der Waals surface area contributed by atoms with Gasteiger partial charge in [0, 0.05) is 22.7 Å². The first-order chi connectivity index (χ1) is 14.5.